The number of nitrogens with zero attached hydrogens (tertiary/aromatic N) is 1. The fourth-order valence-electron chi connectivity index (χ4n) is 3.77. The molecule has 0 fully saturated rings. The van der Waals surface area contributed by atoms with Gasteiger partial charge in [0, 0.05) is 36.0 Å². The minimum atomic E-state index is -0.940. The molecule has 1 aliphatic carbocycles. The minimum Gasteiger partial charge on any atom is -0.478 e. The third-order valence-corrected chi connectivity index (χ3v) is 5.14. The van der Waals surface area contributed by atoms with Crippen LogP contribution in [-0.4, -0.2) is 21.4 Å². The zero-order valence-electron chi connectivity index (χ0n) is 14.1. The Morgan fingerprint density at radius 1 is 1.16 bits per heavy atom. The van der Waals surface area contributed by atoms with E-state index in [1.807, 2.05) is 18.2 Å². The monoisotopic (exact) mass is 333 g/mol. The minimum absolute atomic E-state index is 0.225. The van der Waals surface area contributed by atoms with Crippen LogP contribution < -0.4 is 0 Å². The smallest absolute Gasteiger partial charge is 0.335 e. The van der Waals surface area contributed by atoms with Crippen LogP contribution in [0.25, 0.3) is 10.9 Å². The van der Waals surface area contributed by atoms with E-state index in [0.29, 0.717) is 12.8 Å². The Kier molecular flexibility index (Phi) is 3.68. The second kappa shape index (κ2) is 5.88. The second-order valence-corrected chi connectivity index (χ2v) is 6.69. The first-order valence-electron chi connectivity index (χ1n) is 8.48. The summed E-state index contributed by atoms with van der Waals surface area (Å²) in [4.78, 5) is 23.3. The predicted octanol–water partition coefficient (Wildman–Crippen LogP) is 3.75. The number of rotatable bonds is 3. The van der Waals surface area contributed by atoms with Gasteiger partial charge in [0.1, 0.15) is 5.78 Å². The largest absolute Gasteiger partial charge is 0.478 e. The zero-order chi connectivity index (χ0) is 17.6. The van der Waals surface area contributed by atoms with Crippen molar-refractivity contribution in [3.8, 4) is 0 Å². The summed E-state index contributed by atoms with van der Waals surface area (Å²) in [7, 11) is 0. The molecule has 0 saturated heterocycles. The number of aryl methyl sites for hydroxylation is 1. The van der Waals surface area contributed by atoms with E-state index in [-0.39, 0.29) is 11.3 Å². The molecule has 0 aliphatic heterocycles. The maximum absolute atomic E-state index is 12.0. The average Bonchev–Trinajstić information content (AvgIpc) is 2.89. The van der Waals surface area contributed by atoms with Crippen LogP contribution in [0, 0.1) is 6.92 Å². The fraction of sp³-hybridized carbons (Fsp3) is 0.238. The molecule has 2 aromatic carbocycles. The fourth-order valence-corrected chi connectivity index (χ4v) is 3.77. The molecule has 0 saturated carbocycles. The summed E-state index contributed by atoms with van der Waals surface area (Å²) in [5.41, 5.74) is 5.91. The Hall–Kier alpha value is -2.88. The van der Waals surface area contributed by atoms with Crippen molar-refractivity contribution < 1.29 is 14.7 Å². The van der Waals surface area contributed by atoms with Gasteiger partial charge in [-0.3, -0.25) is 4.79 Å². The Morgan fingerprint density at radius 2 is 1.96 bits per heavy atom. The lowest BCUT2D eigenvalue weighted by Gasteiger charge is -2.16. The van der Waals surface area contributed by atoms with Crippen LogP contribution in [0.2, 0.25) is 0 Å². The summed E-state index contributed by atoms with van der Waals surface area (Å²) in [5, 5.41) is 10.2. The van der Waals surface area contributed by atoms with E-state index in [2.05, 4.69) is 23.6 Å². The molecule has 0 radical (unpaired) electrons. The number of carboxylic acid groups (broad SMARTS) is 1. The quantitative estimate of drug-likeness (QED) is 0.794. The first-order chi connectivity index (χ1) is 12.0. The summed E-state index contributed by atoms with van der Waals surface area (Å²) >= 11 is 0. The van der Waals surface area contributed by atoms with Gasteiger partial charge in [0.2, 0.25) is 0 Å². The van der Waals surface area contributed by atoms with Crippen molar-refractivity contribution in [2.45, 2.75) is 32.7 Å². The maximum Gasteiger partial charge on any atom is 0.335 e. The predicted molar refractivity (Wildman–Crippen MR) is 96.2 cm³/mol. The summed E-state index contributed by atoms with van der Waals surface area (Å²) in [6, 6.07) is 13.5. The van der Waals surface area contributed by atoms with E-state index < -0.39 is 5.97 Å². The van der Waals surface area contributed by atoms with Gasteiger partial charge in [-0.05, 0) is 48.2 Å². The molecule has 0 amide bonds. The highest BCUT2D eigenvalue weighted by atomic mass is 16.4. The van der Waals surface area contributed by atoms with Gasteiger partial charge >= 0.3 is 5.97 Å². The van der Waals surface area contributed by atoms with Gasteiger partial charge in [-0.15, -0.1) is 0 Å². The number of carbonyl (C=O) groups excluding carboxylic acids is 1. The molecule has 4 rings (SSSR count). The SMILES string of the molecule is Cc1ccccc1Cn1c2c(c3cc(C(=O)O)ccc31)CC(=O)CC2. The number of aromatic nitrogens is 1. The number of carboxylic acids is 1. The average molecular weight is 333 g/mol. The number of ketones is 1. The van der Waals surface area contributed by atoms with Crippen molar-refractivity contribution in [2.24, 2.45) is 0 Å². The van der Waals surface area contributed by atoms with Crippen LogP contribution in [-0.2, 0) is 24.2 Å². The van der Waals surface area contributed by atoms with Gasteiger partial charge < -0.3 is 9.67 Å². The van der Waals surface area contributed by atoms with Crippen LogP contribution in [0.3, 0.4) is 0 Å². The molecule has 25 heavy (non-hydrogen) atoms. The molecular formula is C21H19NO3. The van der Waals surface area contributed by atoms with Crippen LogP contribution in [0.1, 0.15) is 39.2 Å². The second-order valence-electron chi connectivity index (χ2n) is 6.69. The van der Waals surface area contributed by atoms with Gasteiger partial charge in [-0.2, -0.15) is 0 Å². The van der Waals surface area contributed by atoms with Crippen molar-refractivity contribution in [3.63, 3.8) is 0 Å². The van der Waals surface area contributed by atoms with Gasteiger partial charge in [0.25, 0.3) is 0 Å². The van der Waals surface area contributed by atoms with E-state index in [1.54, 1.807) is 12.1 Å². The molecule has 0 spiro atoms. The number of benzene rings is 2. The standard InChI is InChI=1S/C21H19NO3/c1-13-4-2-3-5-15(13)12-22-19-8-6-14(21(24)25)10-17(19)18-11-16(23)7-9-20(18)22/h2-6,8,10H,7,9,11-12H2,1H3,(H,24,25). The lowest BCUT2D eigenvalue weighted by Crippen LogP contribution is -2.16. The highest BCUT2D eigenvalue weighted by Gasteiger charge is 2.24. The first-order valence-corrected chi connectivity index (χ1v) is 8.48. The summed E-state index contributed by atoms with van der Waals surface area (Å²) in [6.07, 6.45) is 1.68. The van der Waals surface area contributed by atoms with Crippen molar-refractivity contribution in [1.29, 1.82) is 0 Å². The van der Waals surface area contributed by atoms with Crippen molar-refractivity contribution in [3.05, 3.63) is 70.4 Å². The molecule has 0 bridgehead atoms. The lowest BCUT2D eigenvalue weighted by molar-refractivity contribution is -0.118. The summed E-state index contributed by atoms with van der Waals surface area (Å²) in [5.74, 6) is -0.715. The van der Waals surface area contributed by atoms with Gasteiger partial charge in [-0.1, -0.05) is 24.3 Å². The Bertz CT molecular complexity index is 1010. The van der Waals surface area contributed by atoms with E-state index in [4.69, 9.17) is 0 Å². The summed E-state index contributed by atoms with van der Waals surface area (Å²) in [6.45, 7) is 2.83. The van der Waals surface area contributed by atoms with Crippen molar-refractivity contribution in [1.82, 2.24) is 4.57 Å². The molecule has 126 valence electrons. The normalized spacial score (nSPS) is 13.9. The number of carbonyl (C=O) groups is 2. The van der Waals surface area contributed by atoms with Crippen LogP contribution >= 0.6 is 0 Å². The first kappa shape index (κ1) is 15.6. The molecule has 1 aliphatic rings. The molecular weight excluding hydrogens is 314 g/mol. The van der Waals surface area contributed by atoms with E-state index >= 15 is 0 Å². The Balaban J connectivity index is 1.93. The molecule has 4 heteroatoms. The van der Waals surface area contributed by atoms with Crippen molar-refractivity contribution in [2.75, 3.05) is 0 Å². The molecule has 4 nitrogen and oxygen atoms in total. The third-order valence-electron chi connectivity index (χ3n) is 5.14. The molecule has 0 atom stereocenters. The molecule has 1 aromatic heterocycles. The lowest BCUT2D eigenvalue weighted by atomic mass is 9.94. The maximum atomic E-state index is 12.0. The van der Waals surface area contributed by atoms with Gasteiger partial charge in [-0.25, -0.2) is 4.79 Å². The van der Waals surface area contributed by atoms with E-state index in [1.165, 1.54) is 16.8 Å². The topological polar surface area (TPSA) is 59.3 Å². The van der Waals surface area contributed by atoms with Gasteiger partial charge in [0.05, 0.1) is 5.56 Å². The number of hydrogen-bond donors (Lipinski definition) is 1. The highest BCUT2D eigenvalue weighted by Crippen LogP contribution is 2.33. The van der Waals surface area contributed by atoms with Gasteiger partial charge in [0.15, 0.2) is 0 Å². The zero-order valence-corrected chi connectivity index (χ0v) is 14.1. The molecule has 3 aromatic rings. The van der Waals surface area contributed by atoms with Crippen LogP contribution in [0.5, 0.6) is 0 Å². The summed E-state index contributed by atoms with van der Waals surface area (Å²) < 4.78 is 2.26. The third kappa shape index (κ3) is 2.64. The number of Topliss-reactive ketones (excluding diaryl/α,β-unsaturated/α-hetero) is 1. The van der Waals surface area contributed by atoms with E-state index in [0.717, 1.165) is 29.4 Å². The number of fused-ring (bicyclic) bond motifs is 3. The Morgan fingerprint density at radius 3 is 2.72 bits per heavy atom. The molecule has 1 N–H and O–H groups in total. The van der Waals surface area contributed by atoms with Crippen molar-refractivity contribution >= 4 is 22.7 Å². The number of aromatic carboxylic acids is 1. The number of hydrogen-bond acceptors (Lipinski definition) is 2. The molecule has 1 heterocycles. The highest BCUT2D eigenvalue weighted by molar-refractivity contribution is 5.98. The van der Waals surface area contributed by atoms with E-state index in [9.17, 15) is 14.7 Å². The van der Waals surface area contributed by atoms with Crippen LogP contribution in [0.4, 0.5) is 0 Å². The Labute approximate surface area is 145 Å². The molecule has 0 unspecified atom stereocenters. The van der Waals surface area contributed by atoms with Crippen LogP contribution in [0.15, 0.2) is 42.5 Å².